The lowest BCUT2D eigenvalue weighted by molar-refractivity contribution is -0.134. The van der Waals surface area contributed by atoms with Crippen LogP contribution in [0.1, 0.15) is 56.2 Å². The SMILES string of the molecule is CC(C)[C@H](NC(=O)[C@H](CCCN=C(N)N)NC(=O)Cc1ccccc1)C(=O)N[C@@H](CCCN=C(N)N)C(=O)NCc1cccc(CN)c1. The first-order valence-corrected chi connectivity index (χ1v) is 16.0. The Morgan fingerprint density at radius 3 is 1.81 bits per heavy atom. The average Bonchev–Trinajstić information content (AvgIpc) is 3.05. The van der Waals surface area contributed by atoms with Crippen LogP contribution in [-0.2, 0) is 38.7 Å². The summed E-state index contributed by atoms with van der Waals surface area (Å²) < 4.78 is 0. The van der Waals surface area contributed by atoms with Crippen molar-refractivity contribution in [3.63, 3.8) is 0 Å². The Bertz CT molecular complexity index is 1390. The van der Waals surface area contributed by atoms with Gasteiger partial charge in [-0.3, -0.25) is 29.2 Å². The maximum atomic E-state index is 13.6. The molecule has 262 valence electrons. The number of rotatable bonds is 20. The second-order valence-corrected chi connectivity index (χ2v) is 11.7. The molecule has 0 aromatic heterocycles. The second-order valence-electron chi connectivity index (χ2n) is 11.7. The lowest BCUT2D eigenvalue weighted by Gasteiger charge is -2.27. The average molecular weight is 666 g/mol. The summed E-state index contributed by atoms with van der Waals surface area (Å²) in [7, 11) is 0. The summed E-state index contributed by atoms with van der Waals surface area (Å²) in [5.74, 6) is -2.40. The van der Waals surface area contributed by atoms with Gasteiger partial charge in [-0.05, 0) is 48.3 Å². The van der Waals surface area contributed by atoms with Crippen molar-refractivity contribution < 1.29 is 19.2 Å². The Labute approximate surface area is 281 Å². The molecule has 3 atom stereocenters. The lowest BCUT2D eigenvalue weighted by Crippen LogP contribution is -2.58. The zero-order valence-corrected chi connectivity index (χ0v) is 27.8. The molecule has 0 saturated carbocycles. The van der Waals surface area contributed by atoms with Gasteiger partial charge < -0.3 is 49.9 Å². The van der Waals surface area contributed by atoms with Crippen molar-refractivity contribution in [2.75, 3.05) is 13.1 Å². The third kappa shape index (κ3) is 14.9. The fraction of sp³-hybridized carbons (Fsp3) is 0.455. The summed E-state index contributed by atoms with van der Waals surface area (Å²) >= 11 is 0. The standard InChI is InChI=1S/C33H51N11O4/c1-21(2)28(44-30(47)26(14-8-16-40-33(37)38)42-27(45)18-22-9-4-3-5-10-22)31(48)43-25(13-7-15-39-32(35)36)29(46)41-20-24-12-6-11-23(17-24)19-34/h3-6,9-12,17,21,25-26,28H,7-8,13-16,18-20,34H2,1-2H3,(H,41,46)(H,42,45)(H,43,48)(H,44,47)(H4,35,36,39)(H4,37,38,40)/t25-,26-,28-/m0/s1. The van der Waals surface area contributed by atoms with E-state index in [0.717, 1.165) is 16.7 Å². The number of hydrogen-bond donors (Lipinski definition) is 9. The predicted molar refractivity (Wildman–Crippen MR) is 187 cm³/mol. The number of carbonyl (C=O) groups is 4. The molecule has 0 spiro atoms. The normalized spacial score (nSPS) is 12.6. The van der Waals surface area contributed by atoms with Gasteiger partial charge in [0.25, 0.3) is 0 Å². The van der Waals surface area contributed by atoms with Gasteiger partial charge in [-0.1, -0.05) is 68.4 Å². The van der Waals surface area contributed by atoms with Gasteiger partial charge >= 0.3 is 0 Å². The zero-order valence-electron chi connectivity index (χ0n) is 27.8. The molecule has 15 nitrogen and oxygen atoms in total. The molecule has 0 unspecified atom stereocenters. The second kappa shape index (κ2) is 20.8. The number of nitrogens with two attached hydrogens (primary N) is 5. The van der Waals surface area contributed by atoms with Crippen molar-refractivity contribution in [3.8, 4) is 0 Å². The highest BCUT2D eigenvalue weighted by Crippen LogP contribution is 2.09. The van der Waals surface area contributed by atoms with Crippen LogP contribution in [0.15, 0.2) is 64.6 Å². The molecule has 0 radical (unpaired) electrons. The van der Waals surface area contributed by atoms with Crippen LogP contribution in [0.25, 0.3) is 0 Å². The molecular weight excluding hydrogens is 614 g/mol. The quantitative estimate of drug-likeness (QED) is 0.0487. The van der Waals surface area contributed by atoms with E-state index in [1.165, 1.54) is 0 Å². The van der Waals surface area contributed by atoms with Crippen LogP contribution >= 0.6 is 0 Å². The van der Waals surface area contributed by atoms with Crippen molar-refractivity contribution in [2.45, 2.75) is 77.2 Å². The van der Waals surface area contributed by atoms with Gasteiger partial charge in [0.05, 0.1) is 6.42 Å². The Hall–Kier alpha value is -5.18. The Kier molecular flexibility index (Phi) is 16.9. The van der Waals surface area contributed by atoms with Crippen LogP contribution in [0.2, 0.25) is 0 Å². The van der Waals surface area contributed by atoms with Crippen LogP contribution in [0, 0.1) is 5.92 Å². The predicted octanol–water partition coefficient (Wildman–Crippen LogP) is -0.778. The smallest absolute Gasteiger partial charge is 0.243 e. The molecule has 0 aliphatic rings. The zero-order chi connectivity index (χ0) is 35.5. The van der Waals surface area contributed by atoms with Crippen molar-refractivity contribution in [3.05, 3.63) is 71.3 Å². The Morgan fingerprint density at radius 1 is 0.688 bits per heavy atom. The molecule has 2 aromatic carbocycles. The Morgan fingerprint density at radius 2 is 1.25 bits per heavy atom. The molecule has 0 heterocycles. The minimum absolute atomic E-state index is 0.0692. The van der Waals surface area contributed by atoms with E-state index >= 15 is 0 Å². The number of carbonyl (C=O) groups excluding carboxylic acids is 4. The van der Waals surface area contributed by atoms with E-state index in [-0.39, 0.29) is 62.6 Å². The molecule has 0 bridgehead atoms. The molecule has 48 heavy (non-hydrogen) atoms. The van der Waals surface area contributed by atoms with Gasteiger partial charge in [-0.15, -0.1) is 0 Å². The molecule has 2 rings (SSSR count). The number of nitrogens with one attached hydrogen (secondary N) is 4. The summed E-state index contributed by atoms with van der Waals surface area (Å²) in [5.41, 5.74) is 30.0. The van der Waals surface area contributed by atoms with Crippen LogP contribution in [0.3, 0.4) is 0 Å². The van der Waals surface area contributed by atoms with Gasteiger partial charge in [-0.25, -0.2) is 0 Å². The van der Waals surface area contributed by atoms with E-state index in [1.807, 2.05) is 54.6 Å². The molecule has 0 saturated heterocycles. The summed E-state index contributed by atoms with van der Waals surface area (Å²) in [4.78, 5) is 61.3. The van der Waals surface area contributed by atoms with E-state index in [1.54, 1.807) is 13.8 Å². The van der Waals surface area contributed by atoms with E-state index in [2.05, 4.69) is 31.3 Å². The maximum Gasteiger partial charge on any atom is 0.243 e. The van der Waals surface area contributed by atoms with E-state index in [4.69, 9.17) is 28.7 Å². The fourth-order valence-electron chi connectivity index (χ4n) is 4.80. The fourth-order valence-corrected chi connectivity index (χ4v) is 4.80. The lowest BCUT2D eigenvalue weighted by atomic mass is 10.0. The van der Waals surface area contributed by atoms with Crippen LogP contribution in [0.4, 0.5) is 0 Å². The molecule has 0 aliphatic heterocycles. The highest BCUT2D eigenvalue weighted by atomic mass is 16.2. The third-order valence-electron chi connectivity index (χ3n) is 7.32. The molecule has 15 heteroatoms. The minimum Gasteiger partial charge on any atom is -0.370 e. The van der Waals surface area contributed by atoms with Gasteiger partial charge in [-0.2, -0.15) is 0 Å². The van der Waals surface area contributed by atoms with Crippen LogP contribution < -0.4 is 49.9 Å². The number of hydrogen-bond acceptors (Lipinski definition) is 7. The summed E-state index contributed by atoms with van der Waals surface area (Å²) in [6.07, 6.45) is 1.32. The van der Waals surface area contributed by atoms with E-state index < -0.39 is 35.8 Å². The molecular formula is C33H51N11O4. The molecule has 0 fully saturated rings. The number of nitrogens with zero attached hydrogens (tertiary/aromatic N) is 2. The number of aliphatic imine (C=N–C) groups is 2. The van der Waals surface area contributed by atoms with Crippen LogP contribution in [-0.4, -0.2) is 66.8 Å². The van der Waals surface area contributed by atoms with Crippen molar-refractivity contribution in [1.29, 1.82) is 0 Å². The van der Waals surface area contributed by atoms with Crippen molar-refractivity contribution >= 4 is 35.5 Å². The van der Waals surface area contributed by atoms with E-state index in [0.29, 0.717) is 19.4 Å². The number of guanidine groups is 2. The van der Waals surface area contributed by atoms with Crippen LogP contribution in [0.5, 0.6) is 0 Å². The van der Waals surface area contributed by atoms with Gasteiger partial charge in [0.15, 0.2) is 11.9 Å². The highest BCUT2D eigenvalue weighted by Gasteiger charge is 2.31. The largest absolute Gasteiger partial charge is 0.370 e. The Balaban J connectivity index is 2.17. The summed E-state index contributed by atoms with van der Waals surface area (Å²) in [6, 6.07) is 13.7. The number of amides is 4. The first-order chi connectivity index (χ1) is 22.9. The highest BCUT2D eigenvalue weighted by molar-refractivity contribution is 5.94. The summed E-state index contributed by atoms with van der Waals surface area (Å²) in [5, 5.41) is 11.2. The molecule has 2 aromatic rings. The third-order valence-corrected chi connectivity index (χ3v) is 7.32. The van der Waals surface area contributed by atoms with E-state index in [9.17, 15) is 19.2 Å². The van der Waals surface area contributed by atoms with Gasteiger partial charge in [0.2, 0.25) is 23.6 Å². The maximum absolute atomic E-state index is 13.6. The first-order valence-electron chi connectivity index (χ1n) is 16.0. The molecule has 14 N–H and O–H groups in total. The molecule has 4 amide bonds. The van der Waals surface area contributed by atoms with Gasteiger partial charge in [0, 0.05) is 26.2 Å². The topological polar surface area (TPSA) is 271 Å². The van der Waals surface area contributed by atoms with Crippen molar-refractivity contribution in [1.82, 2.24) is 21.3 Å². The number of benzene rings is 2. The molecule has 0 aliphatic carbocycles. The summed E-state index contributed by atoms with van der Waals surface area (Å²) in [6.45, 7) is 4.63. The monoisotopic (exact) mass is 665 g/mol. The minimum atomic E-state index is -1.02. The van der Waals surface area contributed by atoms with Gasteiger partial charge in [0.1, 0.15) is 18.1 Å². The first kappa shape index (κ1) is 39.0. The van der Waals surface area contributed by atoms with Crippen molar-refractivity contribution in [2.24, 2.45) is 44.6 Å².